The molecule has 0 aliphatic carbocycles. The van der Waals surface area contributed by atoms with Gasteiger partial charge in [-0.05, 0) is 23.8 Å². The van der Waals surface area contributed by atoms with Crippen molar-refractivity contribution >= 4 is 28.7 Å². The molecule has 2 amide bonds. The Kier molecular flexibility index (Phi) is 6.67. The number of imidazole rings is 1. The fraction of sp³-hybridized carbons (Fsp3) is 0.190. The van der Waals surface area contributed by atoms with Gasteiger partial charge in [-0.1, -0.05) is 19.2 Å². The number of nitrogens with zero attached hydrogens (tertiary/aromatic N) is 4. The highest BCUT2D eigenvalue weighted by atomic mass is 19.4. The van der Waals surface area contributed by atoms with Gasteiger partial charge in [0.25, 0.3) is 5.91 Å². The van der Waals surface area contributed by atoms with Crippen LogP contribution in [0.5, 0.6) is 0 Å². The maximum atomic E-state index is 12.7. The van der Waals surface area contributed by atoms with Crippen molar-refractivity contribution in [1.29, 1.82) is 0 Å². The summed E-state index contributed by atoms with van der Waals surface area (Å²) in [6, 6.07) is 3.60. The predicted molar refractivity (Wildman–Crippen MR) is 112 cm³/mol. The zero-order valence-electron chi connectivity index (χ0n) is 16.8. The van der Waals surface area contributed by atoms with Crippen molar-refractivity contribution in [3.05, 3.63) is 73.0 Å². The van der Waals surface area contributed by atoms with Gasteiger partial charge in [-0.2, -0.15) is 13.2 Å². The number of allylic oxidation sites excluding steroid dienone is 2. The van der Waals surface area contributed by atoms with Crippen LogP contribution < -0.4 is 10.6 Å². The summed E-state index contributed by atoms with van der Waals surface area (Å²) in [5, 5.41) is 4.99. The average molecular weight is 444 g/mol. The number of aromatic nitrogens is 4. The van der Waals surface area contributed by atoms with E-state index in [1.54, 1.807) is 22.9 Å². The van der Waals surface area contributed by atoms with Crippen LogP contribution in [0.25, 0.3) is 11.0 Å². The van der Waals surface area contributed by atoms with E-state index in [9.17, 15) is 22.8 Å². The number of hydrogen-bond acceptors (Lipinski definition) is 5. The summed E-state index contributed by atoms with van der Waals surface area (Å²) in [6.07, 6.45) is 0.699. The molecule has 11 heteroatoms. The Bertz CT molecular complexity index is 1170. The van der Waals surface area contributed by atoms with Crippen molar-refractivity contribution in [3.63, 3.8) is 0 Å². The average Bonchev–Trinajstić information content (AvgIpc) is 3.12. The van der Waals surface area contributed by atoms with Gasteiger partial charge in [-0.15, -0.1) is 0 Å². The first-order valence-corrected chi connectivity index (χ1v) is 9.41. The lowest BCUT2D eigenvalue weighted by atomic mass is 10.3. The van der Waals surface area contributed by atoms with Crippen LogP contribution in [0.15, 0.2) is 61.6 Å². The van der Waals surface area contributed by atoms with E-state index in [1.807, 2.05) is 0 Å². The predicted octanol–water partition coefficient (Wildman–Crippen LogP) is 3.35. The highest BCUT2D eigenvalue weighted by Gasteiger charge is 2.30. The van der Waals surface area contributed by atoms with Crippen molar-refractivity contribution in [3.8, 4) is 0 Å². The molecule has 0 aliphatic heterocycles. The van der Waals surface area contributed by atoms with E-state index in [-0.39, 0.29) is 24.6 Å². The van der Waals surface area contributed by atoms with E-state index in [2.05, 4.69) is 38.7 Å². The molecule has 3 heterocycles. The molecule has 8 nitrogen and oxygen atoms in total. The molecule has 3 rings (SSSR count). The molecule has 0 unspecified atom stereocenters. The lowest BCUT2D eigenvalue weighted by Gasteiger charge is -2.10. The van der Waals surface area contributed by atoms with E-state index in [0.29, 0.717) is 29.3 Å². The van der Waals surface area contributed by atoms with Crippen molar-refractivity contribution < 1.29 is 22.8 Å². The zero-order chi connectivity index (χ0) is 23.3. The summed E-state index contributed by atoms with van der Waals surface area (Å²) in [5.41, 5.74) is 0.985. The Balaban J connectivity index is 1.60. The van der Waals surface area contributed by atoms with Gasteiger partial charge in [-0.25, -0.2) is 9.97 Å². The molecule has 0 radical (unpaired) electrons. The summed E-state index contributed by atoms with van der Waals surface area (Å²) in [6.45, 7) is 7.81. The van der Waals surface area contributed by atoms with Crippen LogP contribution in [0, 0.1) is 0 Å². The van der Waals surface area contributed by atoms with E-state index < -0.39 is 23.6 Å². The summed E-state index contributed by atoms with van der Waals surface area (Å²) in [7, 11) is 0. The number of amides is 2. The quantitative estimate of drug-likeness (QED) is 0.519. The van der Waals surface area contributed by atoms with Crippen LogP contribution in [0.3, 0.4) is 0 Å². The molecule has 0 saturated carbocycles. The standard InChI is InChI=1S/C21H19F3N6O2/c1-3-13(2)12-30-16-6-8-25-11-15(16)28-19(30)20(32)26-9-7-18(31)29-17-5-4-14(10-27-17)21(22,23)24/h3-6,8,10-11H,1-2,7,9,12H2,(H,26,32)(H,27,29,31). The molecule has 0 saturated heterocycles. The highest BCUT2D eigenvalue weighted by molar-refractivity contribution is 5.95. The van der Waals surface area contributed by atoms with Crippen molar-refractivity contribution in [2.45, 2.75) is 19.1 Å². The first-order chi connectivity index (χ1) is 15.2. The SMILES string of the molecule is C=CC(=C)Cn1c(C(=O)NCCC(=O)Nc2ccc(C(F)(F)F)cn2)nc2cnccc21. The number of carbonyl (C=O) groups is 2. The smallest absolute Gasteiger partial charge is 0.349 e. The Morgan fingerprint density at radius 2 is 1.97 bits per heavy atom. The number of halogens is 3. The van der Waals surface area contributed by atoms with Gasteiger partial charge in [0, 0.05) is 31.9 Å². The third-order valence-electron chi connectivity index (χ3n) is 4.40. The van der Waals surface area contributed by atoms with Gasteiger partial charge in [0.2, 0.25) is 5.91 Å². The topological polar surface area (TPSA) is 102 Å². The summed E-state index contributed by atoms with van der Waals surface area (Å²) < 4.78 is 39.4. The number of fused-ring (bicyclic) bond motifs is 1. The van der Waals surface area contributed by atoms with E-state index >= 15 is 0 Å². The number of pyridine rings is 2. The van der Waals surface area contributed by atoms with Crippen molar-refractivity contribution in [2.75, 3.05) is 11.9 Å². The number of rotatable bonds is 8. The highest BCUT2D eigenvalue weighted by Crippen LogP contribution is 2.28. The number of nitrogens with one attached hydrogen (secondary N) is 2. The van der Waals surface area contributed by atoms with Gasteiger partial charge in [0.05, 0.1) is 17.3 Å². The number of carbonyl (C=O) groups excluding carboxylic acids is 2. The first kappa shape index (κ1) is 22.7. The second-order valence-corrected chi connectivity index (χ2v) is 6.73. The zero-order valence-corrected chi connectivity index (χ0v) is 16.8. The monoisotopic (exact) mass is 444 g/mol. The summed E-state index contributed by atoms with van der Waals surface area (Å²) >= 11 is 0. The van der Waals surface area contributed by atoms with Gasteiger partial charge in [0.1, 0.15) is 11.3 Å². The Morgan fingerprint density at radius 1 is 1.19 bits per heavy atom. The molecule has 0 bridgehead atoms. The fourth-order valence-corrected chi connectivity index (χ4v) is 2.79. The normalized spacial score (nSPS) is 11.2. The third-order valence-corrected chi connectivity index (χ3v) is 4.40. The Hall–Kier alpha value is -4.02. The summed E-state index contributed by atoms with van der Waals surface area (Å²) in [5.74, 6) is -0.916. The van der Waals surface area contributed by atoms with Gasteiger partial charge in [0.15, 0.2) is 5.82 Å². The van der Waals surface area contributed by atoms with Gasteiger partial charge >= 0.3 is 6.18 Å². The molecule has 2 N–H and O–H groups in total. The van der Waals surface area contributed by atoms with Crippen molar-refractivity contribution in [2.24, 2.45) is 0 Å². The molecule has 0 atom stereocenters. The number of alkyl halides is 3. The first-order valence-electron chi connectivity index (χ1n) is 9.41. The van der Waals surface area contributed by atoms with Crippen LogP contribution in [-0.4, -0.2) is 37.9 Å². The molecule has 0 fully saturated rings. The number of hydrogen-bond donors (Lipinski definition) is 2. The molecule has 3 aromatic rings. The minimum absolute atomic E-state index is 0.0187. The van der Waals surface area contributed by atoms with Crippen LogP contribution in [0.1, 0.15) is 22.6 Å². The minimum Gasteiger partial charge on any atom is -0.349 e. The van der Waals surface area contributed by atoms with E-state index in [4.69, 9.17) is 0 Å². The third kappa shape index (κ3) is 5.36. The van der Waals surface area contributed by atoms with Crippen LogP contribution in [-0.2, 0) is 17.5 Å². The molecular formula is C21H19F3N6O2. The lowest BCUT2D eigenvalue weighted by molar-refractivity contribution is -0.137. The van der Waals surface area contributed by atoms with Crippen molar-refractivity contribution in [1.82, 2.24) is 24.8 Å². The largest absolute Gasteiger partial charge is 0.417 e. The summed E-state index contributed by atoms with van der Waals surface area (Å²) in [4.78, 5) is 36.6. The Morgan fingerprint density at radius 3 is 2.62 bits per heavy atom. The Labute approximate surface area is 180 Å². The molecule has 32 heavy (non-hydrogen) atoms. The van der Waals surface area contributed by atoms with Crippen LogP contribution in [0.2, 0.25) is 0 Å². The lowest BCUT2D eigenvalue weighted by Crippen LogP contribution is -2.30. The molecule has 3 aromatic heterocycles. The molecule has 0 spiro atoms. The molecule has 0 aromatic carbocycles. The minimum atomic E-state index is -4.51. The van der Waals surface area contributed by atoms with E-state index in [1.165, 1.54) is 6.20 Å². The molecule has 0 aliphatic rings. The fourth-order valence-electron chi connectivity index (χ4n) is 2.79. The van der Waals surface area contributed by atoms with E-state index in [0.717, 1.165) is 12.1 Å². The van der Waals surface area contributed by atoms with Crippen LogP contribution >= 0.6 is 0 Å². The number of anilines is 1. The second-order valence-electron chi connectivity index (χ2n) is 6.73. The van der Waals surface area contributed by atoms with Gasteiger partial charge < -0.3 is 15.2 Å². The van der Waals surface area contributed by atoms with Gasteiger partial charge in [-0.3, -0.25) is 14.6 Å². The molecular weight excluding hydrogens is 425 g/mol. The maximum absolute atomic E-state index is 12.7. The maximum Gasteiger partial charge on any atom is 0.417 e. The second kappa shape index (κ2) is 9.41. The van der Waals surface area contributed by atoms with Crippen LogP contribution in [0.4, 0.5) is 19.0 Å². The molecule has 166 valence electrons.